The maximum Gasteiger partial charge on any atom is 0.147 e. The number of benzene rings is 9. The molecule has 2 heteroatoms. The first-order chi connectivity index (χ1) is 24.8. The van der Waals surface area contributed by atoms with Gasteiger partial charge in [-0.3, -0.25) is 0 Å². The normalized spacial score (nSPS) is 12.0. The van der Waals surface area contributed by atoms with Gasteiger partial charge in [0.15, 0.2) is 0 Å². The van der Waals surface area contributed by atoms with Gasteiger partial charge in [-0.05, 0) is 78.3 Å². The number of rotatable bonds is 3. The molecule has 0 spiro atoms. The third-order valence-corrected chi connectivity index (χ3v) is 10.4. The van der Waals surface area contributed by atoms with E-state index in [1.165, 1.54) is 54.6 Å². The van der Waals surface area contributed by atoms with Crippen molar-refractivity contribution in [3.05, 3.63) is 170 Å². The van der Waals surface area contributed by atoms with Crippen LogP contribution >= 0.6 is 0 Å². The molecule has 0 aliphatic carbocycles. The van der Waals surface area contributed by atoms with Crippen LogP contribution in [0.2, 0.25) is 0 Å². The van der Waals surface area contributed by atoms with Crippen molar-refractivity contribution in [1.82, 2.24) is 0 Å². The molecule has 0 aliphatic rings. The molecule has 11 aromatic rings. The van der Waals surface area contributed by atoms with E-state index in [1.807, 2.05) is 12.1 Å². The van der Waals surface area contributed by atoms with Gasteiger partial charge in [0.2, 0.25) is 0 Å². The van der Waals surface area contributed by atoms with E-state index in [1.54, 1.807) is 0 Å². The van der Waals surface area contributed by atoms with Crippen molar-refractivity contribution in [3.8, 4) is 33.4 Å². The van der Waals surface area contributed by atoms with Crippen LogP contribution in [0, 0.1) is 0 Å². The fourth-order valence-corrected chi connectivity index (χ4v) is 8.28. The van der Waals surface area contributed by atoms with Crippen LogP contribution in [0.15, 0.2) is 179 Å². The predicted molar refractivity (Wildman–Crippen MR) is 210 cm³/mol. The summed E-state index contributed by atoms with van der Waals surface area (Å²) in [6.07, 6.45) is 0. The smallest absolute Gasteiger partial charge is 0.147 e. The Morgan fingerprint density at radius 1 is 0.280 bits per heavy atom. The Labute approximate surface area is 287 Å². The Kier molecular flexibility index (Phi) is 5.70. The number of hydrogen-bond acceptors (Lipinski definition) is 2. The van der Waals surface area contributed by atoms with Gasteiger partial charge in [0.1, 0.15) is 22.3 Å². The number of fused-ring (bicyclic) bond motifs is 10. The maximum absolute atomic E-state index is 6.78. The van der Waals surface area contributed by atoms with E-state index >= 15 is 0 Å². The quantitative estimate of drug-likeness (QED) is 0.180. The second-order valence-corrected chi connectivity index (χ2v) is 13.1. The Hall–Kier alpha value is -6.64. The third-order valence-electron chi connectivity index (χ3n) is 10.4. The summed E-state index contributed by atoms with van der Waals surface area (Å²) in [5.74, 6) is 0. The third kappa shape index (κ3) is 3.85. The highest BCUT2D eigenvalue weighted by Gasteiger charge is 2.23. The molecule has 0 bridgehead atoms. The van der Waals surface area contributed by atoms with E-state index in [9.17, 15) is 0 Å². The van der Waals surface area contributed by atoms with Crippen LogP contribution in [0.1, 0.15) is 0 Å². The SMILES string of the molecule is c1ccc(-c2c3ccccc3c(-c3ccc(-c4c5oc6ccccc6c5cc5c4oc4ccc6ccccc6c45)cc3)c3ccccc23)cc1. The molecule has 0 atom stereocenters. The van der Waals surface area contributed by atoms with Gasteiger partial charge in [-0.2, -0.15) is 0 Å². The number of hydrogen-bond donors (Lipinski definition) is 0. The van der Waals surface area contributed by atoms with E-state index < -0.39 is 0 Å². The zero-order valence-electron chi connectivity index (χ0n) is 27.0. The Morgan fingerprint density at radius 3 is 1.42 bits per heavy atom. The van der Waals surface area contributed by atoms with E-state index in [0.29, 0.717) is 0 Å². The molecule has 0 radical (unpaired) electrons. The molecule has 0 unspecified atom stereocenters. The van der Waals surface area contributed by atoms with Crippen molar-refractivity contribution in [2.75, 3.05) is 0 Å². The minimum atomic E-state index is 0.845. The summed E-state index contributed by atoms with van der Waals surface area (Å²) in [6.45, 7) is 0. The van der Waals surface area contributed by atoms with Gasteiger partial charge in [0.05, 0.1) is 5.56 Å². The van der Waals surface area contributed by atoms with Crippen LogP contribution in [0.3, 0.4) is 0 Å². The molecule has 2 aromatic heterocycles. The fraction of sp³-hybridized carbons (Fsp3) is 0. The monoisotopic (exact) mass is 636 g/mol. The zero-order valence-corrected chi connectivity index (χ0v) is 27.0. The summed E-state index contributed by atoms with van der Waals surface area (Å²) in [6, 6.07) is 60.7. The predicted octanol–water partition coefficient (Wildman–Crippen LogP) is 13.9. The molecular weight excluding hydrogens is 609 g/mol. The molecule has 0 amide bonds. The standard InChI is InChI=1S/C48H28O2/c1-2-13-30(14-3-1)43-35-17-6-8-19-37(35)44(38-20-9-7-18-36(38)43)31-22-24-32(25-23-31)45-47-39(34-16-10-11-21-41(34)49-47)28-40-46-33-15-5-4-12-29(33)26-27-42(46)50-48(40)45/h1-28H. The van der Waals surface area contributed by atoms with E-state index in [-0.39, 0.29) is 0 Å². The molecule has 0 fully saturated rings. The molecule has 0 saturated heterocycles. The summed E-state index contributed by atoms with van der Waals surface area (Å²) in [5.41, 5.74) is 10.4. The van der Waals surface area contributed by atoms with Gasteiger partial charge in [0.25, 0.3) is 0 Å². The van der Waals surface area contributed by atoms with Gasteiger partial charge in [-0.1, -0.05) is 152 Å². The van der Waals surface area contributed by atoms with Crippen molar-refractivity contribution in [2.24, 2.45) is 0 Å². The molecule has 0 N–H and O–H groups in total. The molecule has 11 rings (SSSR count). The molecular formula is C48H28O2. The second-order valence-electron chi connectivity index (χ2n) is 13.1. The summed E-state index contributed by atoms with van der Waals surface area (Å²) in [5, 5.41) is 11.8. The molecule has 2 nitrogen and oxygen atoms in total. The lowest BCUT2D eigenvalue weighted by atomic mass is 9.85. The van der Waals surface area contributed by atoms with Crippen molar-refractivity contribution in [1.29, 1.82) is 0 Å². The van der Waals surface area contributed by atoms with Crippen LogP contribution in [-0.4, -0.2) is 0 Å². The van der Waals surface area contributed by atoms with Gasteiger partial charge in [0, 0.05) is 21.5 Å². The molecule has 50 heavy (non-hydrogen) atoms. The topological polar surface area (TPSA) is 26.3 Å². The lowest BCUT2D eigenvalue weighted by Gasteiger charge is -2.18. The van der Waals surface area contributed by atoms with Gasteiger partial charge in [-0.25, -0.2) is 0 Å². The average Bonchev–Trinajstić information content (AvgIpc) is 3.75. The summed E-state index contributed by atoms with van der Waals surface area (Å²) in [4.78, 5) is 0. The molecule has 0 saturated carbocycles. The fourth-order valence-electron chi connectivity index (χ4n) is 8.28. The second kappa shape index (κ2) is 10.4. The number of furan rings is 2. The van der Waals surface area contributed by atoms with Crippen LogP contribution in [-0.2, 0) is 0 Å². The highest BCUT2D eigenvalue weighted by molar-refractivity contribution is 6.27. The lowest BCUT2D eigenvalue weighted by molar-refractivity contribution is 0.658. The Bertz CT molecular complexity index is 3070. The van der Waals surface area contributed by atoms with Gasteiger partial charge < -0.3 is 8.83 Å². The first-order valence-electron chi connectivity index (χ1n) is 17.1. The summed E-state index contributed by atoms with van der Waals surface area (Å²) < 4.78 is 13.4. The van der Waals surface area contributed by atoms with Crippen molar-refractivity contribution in [2.45, 2.75) is 0 Å². The van der Waals surface area contributed by atoms with E-state index in [2.05, 4.69) is 158 Å². The van der Waals surface area contributed by atoms with Crippen LogP contribution in [0.4, 0.5) is 0 Å². The molecule has 0 aliphatic heterocycles. The van der Waals surface area contributed by atoms with Crippen LogP contribution < -0.4 is 0 Å². The highest BCUT2D eigenvalue weighted by Crippen LogP contribution is 2.47. The van der Waals surface area contributed by atoms with E-state index in [4.69, 9.17) is 8.83 Å². The Morgan fingerprint density at radius 2 is 0.760 bits per heavy atom. The zero-order chi connectivity index (χ0) is 32.8. The maximum atomic E-state index is 6.78. The minimum absolute atomic E-state index is 0.845. The molecule has 232 valence electrons. The first kappa shape index (κ1) is 27.3. The highest BCUT2D eigenvalue weighted by atomic mass is 16.3. The van der Waals surface area contributed by atoms with Gasteiger partial charge >= 0.3 is 0 Å². The Balaban J connectivity index is 1.19. The summed E-state index contributed by atoms with van der Waals surface area (Å²) >= 11 is 0. The molecule has 9 aromatic carbocycles. The largest absolute Gasteiger partial charge is 0.455 e. The van der Waals surface area contributed by atoms with Crippen molar-refractivity contribution >= 4 is 76.2 Å². The average molecular weight is 637 g/mol. The van der Waals surface area contributed by atoms with Gasteiger partial charge in [-0.15, -0.1) is 0 Å². The number of para-hydroxylation sites is 1. The van der Waals surface area contributed by atoms with Crippen LogP contribution in [0.5, 0.6) is 0 Å². The van der Waals surface area contributed by atoms with E-state index in [0.717, 1.165) is 55.0 Å². The minimum Gasteiger partial charge on any atom is -0.455 e. The van der Waals surface area contributed by atoms with Crippen LogP contribution in [0.25, 0.3) is 110 Å². The first-order valence-corrected chi connectivity index (χ1v) is 17.1. The van der Waals surface area contributed by atoms with Crippen molar-refractivity contribution in [3.63, 3.8) is 0 Å². The lowest BCUT2D eigenvalue weighted by Crippen LogP contribution is -1.91. The summed E-state index contributed by atoms with van der Waals surface area (Å²) in [7, 11) is 0. The van der Waals surface area contributed by atoms with Crippen molar-refractivity contribution < 1.29 is 8.83 Å². The molecule has 2 heterocycles.